The molecular formula is C11H14N2O2Se. The first-order valence-electron chi connectivity index (χ1n) is 5.19. The summed E-state index contributed by atoms with van der Waals surface area (Å²) < 4.78 is 4.97. The maximum atomic E-state index is 9.05. The van der Waals surface area contributed by atoms with Crippen molar-refractivity contribution in [2.45, 2.75) is 13.1 Å². The zero-order valence-electron chi connectivity index (χ0n) is 8.83. The average Bonchev–Trinajstić information content (AvgIpc) is 2.56. The van der Waals surface area contributed by atoms with Crippen LogP contribution in [-0.4, -0.2) is 48.1 Å². The van der Waals surface area contributed by atoms with Gasteiger partial charge in [-0.15, -0.1) is 0 Å². The fraction of sp³-hybridized carbons (Fsp3) is 0.364. The van der Waals surface area contributed by atoms with Crippen LogP contribution in [0.15, 0.2) is 24.3 Å². The van der Waals surface area contributed by atoms with Crippen LogP contribution in [0.2, 0.25) is 0 Å². The summed E-state index contributed by atoms with van der Waals surface area (Å²) in [6, 6.07) is 7.97. The summed E-state index contributed by atoms with van der Waals surface area (Å²) in [5.41, 5.74) is 2.14. The number of aliphatic hydroxyl groups excluding tert-OH is 2. The van der Waals surface area contributed by atoms with Crippen LogP contribution in [0.4, 0.5) is 0 Å². The molecule has 0 aliphatic heterocycles. The summed E-state index contributed by atoms with van der Waals surface area (Å²) in [7, 11) is 0. The number of aliphatic hydroxyl groups is 2. The summed E-state index contributed by atoms with van der Waals surface area (Å²) in [6.45, 7) is 1.32. The molecule has 0 spiro atoms. The minimum atomic E-state index is 0.104. The van der Waals surface area contributed by atoms with Gasteiger partial charge in [-0.3, -0.25) is 0 Å². The van der Waals surface area contributed by atoms with Crippen LogP contribution in [0.1, 0.15) is 0 Å². The van der Waals surface area contributed by atoms with Crippen molar-refractivity contribution in [2.75, 3.05) is 13.2 Å². The van der Waals surface area contributed by atoms with Gasteiger partial charge in [0.05, 0.1) is 0 Å². The van der Waals surface area contributed by atoms with Crippen LogP contribution in [0.25, 0.3) is 11.0 Å². The quantitative estimate of drug-likeness (QED) is 0.785. The second-order valence-electron chi connectivity index (χ2n) is 3.52. The first-order valence-corrected chi connectivity index (χ1v) is 6.05. The van der Waals surface area contributed by atoms with Gasteiger partial charge in [-0.25, -0.2) is 0 Å². The molecule has 16 heavy (non-hydrogen) atoms. The number of para-hydroxylation sites is 2. The molecule has 0 atom stereocenters. The standard InChI is InChI=1S/C11H14N2O2Se/c14-7-5-12-9-3-1-2-4-10(9)13(6-8-15)11(12)16/h1-4,14-15H,5-8H2. The molecule has 2 aromatic rings. The van der Waals surface area contributed by atoms with E-state index in [4.69, 9.17) is 10.2 Å². The monoisotopic (exact) mass is 286 g/mol. The predicted molar refractivity (Wildman–Crippen MR) is 63.1 cm³/mol. The average molecular weight is 285 g/mol. The molecule has 0 aliphatic carbocycles. The summed E-state index contributed by atoms with van der Waals surface area (Å²) in [4.78, 5) is 0. The summed E-state index contributed by atoms with van der Waals surface area (Å²) in [5.74, 6) is 0. The number of fused-ring (bicyclic) bond motifs is 1. The first-order chi connectivity index (χ1) is 7.79. The molecule has 2 N–H and O–H groups in total. The predicted octanol–water partition coefficient (Wildman–Crippen LogP) is 0.128. The number of imidazole rings is 1. The minimum absolute atomic E-state index is 0.104. The molecule has 0 saturated heterocycles. The van der Waals surface area contributed by atoms with E-state index in [1.165, 1.54) is 0 Å². The Morgan fingerprint density at radius 1 is 0.938 bits per heavy atom. The molecule has 0 fully saturated rings. The maximum absolute atomic E-state index is 9.05. The molecule has 0 saturated carbocycles. The third-order valence-electron chi connectivity index (χ3n) is 2.57. The summed E-state index contributed by atoms with van der Waals surface area (Å²) in [6.07, 6.45) is 0. The van der Waals surface area contributed by atoms with Gasteiger partial charge in [0, 0.05) is 0 Å². The van der Waals surface area contributed by atoms with Crippen LogP contribution in [0.5, 0.6) is 0 Å². The molecule has 0 bridgehead atoms. The van der Waals surface area contributed by atoms with E-state index >= 15 is 0 Å². The van der Waals surface area contributed by atoms with Crippen molar-refractivity contribution in [3.63, 3.8) is 0 Å². The Kier molecular flexibility index (Phi) is 3.61. The Morgan fingerprint density at radius 3 is 1.75 bits per heavy atom. The van der Waals surface area contributed by atoms with Gasteiger partial charge in [-0.2, -0.15) is 0 Å². The van der Waals surface area contributed by atoms with Crippen molar-refractivity contribution in [2.24, 2.45) is 0 Å². The molecule has 2 rings (SSSR count). The van der Waals surface area contributed by atoms with E-state index in [2.05, 4.69) is 15.6 Å². The molecule has 5 heteroatoms. The number of hydrogen-bond donors (Lipinski definition) is 2. The molecule has 1 aromatic heterocycles. The molecule has 0 amide bonds. The van der Waals surface area contributed by atoms with E-state index in [0.717, 1.165) is 15.4 Å². The van der Waals surface area contributed by atoms with Crippen LogP contribution < -0.4 is 0 Å². The molecule has 0 unspecified atom stereocenters. The van der Waals surface area contributed by atoms with Gasteiger partial charge in [0.2, 0.25) is 0 Å². The van der Waals surface area contributed by atoms with E-state index < -0.39 is 0 Å². The van der Waals surface area contributed by atoms with Crippen molar-refractivity contribution >= 4 is 26.6 Å². The van der Waals surface area contributed by atoms with E-state index in [0.29, 0.717) is 13.1 Å². The molecular weight excluding hydrogens is 271 g/mol. The van der Waals surface area contributed by atoms with Gasteiger partial charge in [-0.05, 0) is 0 Å². The molecule has 1 aromatic carbocycles. The van der Waals surface area contributed by atoms with Gasteiger partial charge >= 0.3 is 101 Å². The zero-order chi connectivity index (χ0) is 11.5. The third kappa shape index (κ3) is 1.87. The Labute approximate surface area is 101 Å². The topological polar surface area (TPSA) is 50.3 Å². The molecule has 1 heterocycles. The summed E-state index contributed by atoms with van der Waals surface area (Å²) >= 11 is 3.00. The van der Waals surface area contributed by atoms with E-state index in [1.807, 2.05) is 33.4 Å². The molecule has 0 radical (unpaired) electrons. The second kappa shape index (κ2) is 4.97. The van der Waals surface area contributed by atoms with E-state index in [9.17, 15) is 0 Å². The van der Waals surface area contributed by atoms with Gasteiger partial charge in [0.15, 0.2) is 0 Å². The van der Waals surface area contributed by atoms with Crippen LogP contribution in [0.3, 0.4) is 0 Å². The van der Waals surface area contributed by atoms with Crippen LogP contribution in [-0.2, 0) is 13.1 Å². The van der Waals surface area contributed by atoms with Gasteiger partial charge in [0.25, 0.3) is 0 Å². The first kappa shape index (κ1) is 11.6. The van der Waals surface area contributed by atoms with Crippen molar-refractivity contribution in [3.8, 4) is 0 Å². The number of nitrogens with zero attached hydrogens (tertiary/aromatic N) is 2. The fourth-order valence-corrected chi connectivity index (χ4v) is 2.70. The van der Waals surface area contributed by atoms with E-state index in [1.54, 1.807) is 0 Å². The SMILES string of the molecule is OCCn1c(=[Se])n(CCO)c2ccccc21. The van der Waals surface area contributed by atoms with Crippen LogP contribution >= 0.6 is 0 Å². The van der Waals surface area contributed by atoms with Gasteiger partial charge < -0.3 is 0 Å². The molecule has 86 valence electrons. The van der Waals surface area contributed by atoms with Crippen molar-refractivity contribution in [1.29, 1.82) is 0 Å². The van der Waals surface area contributed by atoms with Crippen molar-refractivity contribution < 1.29 is 10.2 Å². The van der Waals surface area contributed by atoms with Gasteiger partial charge in [-0.1, -0.05) is 0 Å². The van der Waals surface area contributed by atoms with Crippen molar-refractivity contribution in [3.05, 3.63) is 28.6 Å². The Hall–Kier alpha value is -0.871. The summed E-state index contributed by atoms with van der Waals surface area (Å²) in [5, 5.41) is 18.1. The van der Waals surface area contributed by atoms with Crippen LogP contribution in [0, 0.1) is 4.32 Å². The Morgan fingerprint density at radius 2 is 1.38 bits per heavy atom. The van der Waals surface area contributed by atoms with E-state index in [-0.39, 0.29) is 13.2 Å². The second-order valence-corrected chi connectivity index (χ2v) is 4.29. The third-order valence-corrected chi connectivity index (χ3v) is 3.50. The van der Waals surface area contributed by atoms with Gasteiger partial charge in [0.1, 0.15) is 0 Å². The number of aromatic nitrogens is 2. The Bertz CT molecular complexity index is 498. The molecule has 0 aliphatic rings. The number of rotatable bonds is 4. The Balaban J connectivity index is 2.70. The van der Waals surface area contributed by atoms with Crippen molar-refractivity contribution in [1.82, 2.24) is 9.13 Å². The number of benzene rings is 1. The zero-order valence-corrected chi connectivity index (χ0v) is 10.5. The molecule has 4 nitrogen and oxygen atoms in total. The normalized spacial score (nSPS) is 11.1. The number of hydrogen-bond acceptors (Lipinski definition) is 2. The fourth-order valence-electron chi connectivity index (χ4n) is 1.90.